The van der Waals surface area contributed by atoms with Gasteiger partial charge in [-0.15, -0.1) is 0 Å². The molecule has 0 fully saturated rings. The summed E-state index contributed by atoms with van der Waals surface area (Å²) in [7, 11) is 0. The largest absolute Gasteiger partial charge is 0.205 e. The van der Waals surface area contributed by atoms with Crippen LogP contribution in [0.25, 0.3) is 22.3 Å². The van der Waals surface area contributed by atoms with Gasteiger partial charge >= 0.3 is 0 Å². The minimum absolute atomic E-state index is 0.855. The van der Waals surface area contributed by atoms with Gasteiger partial charge in [-0.25, -0.2) is 18.3 Å². The van der Waals surface area contributed by atoms with Crippen LogP contribution in [0.15, 0.2) is 122 Å². The van der Waals surface area contributed by atoms with Crippen LogP contribution in [0.5, 0.6) is 0 Å². The van der Waals surface area contributed by atoms with E-state index in [1.54, 1.807) is 0 Å². The van der Waals surface area contributed by atoms with E-state index in [0.29, 0.717) is 0 Å². The lowest BCUT2D eigenvalue weighted by Gasteiger charge is -2.06. The highest BCUT2D eigenvalue weighted by Crippen LogP contribution is 2.17. The maximum Gasteiger partial charge on any atom is 0.174 e. The molecule has 35 heavy (non-hydrogen) atoms. The van der Waals surface area contributed by atoms with Crippen LogP contribution in [-0.4, -0.2) is 0 Å². The van der Waals surface area contributed by atoms with E-state index in [9.17, 15) is 0 Å². The van der Waals surface area contributed by atoms with Crippen molar-refractivity contribution in [3.8, 4) is 22.3 Å². The predicted molar refractivity (Wildman–Crippen MR) is 134 cm³/mol. The number of aryl methyl sites for hydroxylation is 2. The number of pyridine rings is 4. The minimum atomic E-state index is 0.855. The number of rotatable bonds is 0. The molecular weight excluding hydrogens is 428 g/mol. The first-order chi connectivity index (χ1) is 17.3. The standard InChI is InChI=1S/C31H30N4/c1-2-5-31-25-35-22-12-29(13-23-35)27-8-18-33(19-9-27)15-3-14-32-16-6-26(7-17-32)28-10-20-34(21-11-28)24-30(31)4-1/h1-2,4-13,16-23H,3,14-15,24-25H2/q+4. The first-order valence-corrected chi connectivity index (χ1v) is 12.3. The summed E-state index contributed by atoms with van der Waals surface area (Å²) in [6, 6.07) is 26.5. The number of benzene rings is 1. The van der Waals surface area contributed by atoms with Gasteiger partial charge in [0, 0.05) is 59.7 Å². The smallest absolute Gasteiger partial charge is 0.174 e. The molecule has 7 aliphatic heterocycles. The van der Waals surface area contributed by atoms with Gasteiger partial charge < -0.3 is 0 Å². The van der Waals surface area contributed by atoms with Crippen molar-refractivity contribution >= 4 is 0 Å². The van der Waals surface area contributed by atoms with Gasteiger partial charge in [0.05, 0.1) is 6.42 Å². The summed E-state index contributed by atoms with van der Waals surface area (Å²) in [5, 5.41) is 0. The van der Waals surface area contributed by atoms with Crippen molar-refractivity contribution in [3.63, 3.8) is 0 Å². The molecule has 1 aromatic carbocycles. The lowest BCUT2D eigenvalue weighted by Crippen LogP contribution is -2.38. The molecule has 0 N–H and O–H groups in total. The summed E-state index contributed by atoms with van der Waals surface area (Å²) in [5.41, 5.74) is 7.66. The van der Waals surface area contributed by atoms with Crippen LogP contribution in [0.4, 0.5) is 0 Å². The molecule has 8 bridgehead atoms. The third-order valence-corrected chi connectivity index (χ3v) is 6.89. The highest BCUT2D eigenvalue weighted by molar-refractivity contribution is 5.61. The molecule has 0 atom stereocenters. The van der Waals surface area contributed by atoms with Gasteiger partial charge in [0.25, 0.3) is 0 Å². The molecule has 0 aliphatic carbocycles. The molecule has 4 nitrogen and oxygen atoms in total. The molecule has 4 aromatic heterocycles. The van der Waals surface area contributed by atoms with Crippen molar-refractivity contribution in [1.29, 1.82) is 0 Å². The maximum atomic E-state index is 2.27. The van der Waals surface area contributed by atoms with Crippen LogP contribution >= 0.6 is 0 Å². The van der Waals surface area contributed by atoms with Gasteiger partial charge in [-0.3, -0.25) is 0 Å². The van der Waals surface area contributed by atoms with E-state index in [0.717, 1.165) is 32.6 Å². The second-order valence-corrected chi connectivity index (χ2v) is 9.29. The molecule has 4 heteroatoms. The predicted octanol–water partition coefficient (Wildman–Crippen LogP) is 3.67. The van der Waals surface area contributed by atoms with E-state index in [4.69, 9.17) is 0 Å². The van der Waals surface area contributed by atoms with Crippen molar-refractivity contribution in [1.82, 2.24) is 0 Å². The molecule has 7 aliphatic rings. The molecule has 0 unspecified atom stereocenters. The Morgan fingerprint density at radius 3 is 1.03 bits per heavy atom. The van der Waals surface area contributed by atoms with Crippen molar-refractivity contribution in [2.45, 2.75) is 32.6 Å². The molecule has 12 rings (SSSR count). The lowest BCUT2D eigenvalue weighted by molar-refractivity contribution is -0.726. The quantitative estimate of drug-likeness (QED) is 0.315. The van der Waals surface area contributed by atoms with Gasteiger partial charge in [-0.05, 0) is 22.3 Å². The molecular formula is C31H30N4+4. The van der Waals surface area contributed by atoms with Gasteiger partial charge in [-0.1, -0.05) is 24.3 Å². The van der Waals surface area contributed by atoms with Gasteiger partial charge in [0.2, 0.25) is 0 Å². The molecule has 0 saturated heterocycles. The number of nitrogens with zero attached hydrogens (tertiary/aromatic N) is 4. The SMILES string of the molecule is c1ccc2c(c1)C[n+]1ccc(cc1)-c1cc[n+](cc1)CCC[n+]1ccc(cc1)-c1cc[n+](cc1)C2. The average Bonchev–Trinajstić information content (AvgIpc) is 2.91. The first-order valence-electron chi connectivity index (χ1n) is 12.3. The maximum absolute atomic E-state index is 2.27. The fourth-order valence-electron chi connectivity index (χ4n) is 4.80. The summed E-state index contributed by atoms with van der Waals surface area (Å²) >= 11 is 0. The molecule has 0 radical (unpaired) electrons. The Kier molecular flexibility index (Phi) is 5.85. The van der Waals surface area contributed by atoms with E-state index in [2.05, 4.69) is 141 Å². The van der Waals surface area contributed by atoms with Gasteiger partial charge in [0.15, 0.2) is 75.8 Å². The van der Waals surface area contributed by atoms with Crippen LogP contribution in [0.1, 0.15) is 17.5 Å². The van der Waals surface area contributed by atoms with Gasteiger partial charge in [0.1, 0.15) is 0 Å². The van der Waals surface area contributed by atoms with Crippen LogP contribution in [0.3, 0.4) is 0 Å². The number of aromatic nitrogens is 4. The zero-order valence-corrected chi connectivity index (χ0v) is 19.9. The highest BCUT2D eigenvalue weighted by atomic mass is 15.0. The van der Waals surface area contributed by atoms with E-state index in [1.165, 1.54) is 33.4 Å². The van der Waals surface area contributed by atoms with E-state index in [1.807, 2.05) is 0 Å². The minimum Gasteiger partial charge on any atom is -0.205 e. The van der Waals surface area contributed by atoms with Crippen LogP contribution in [-0.2, 0) is 26.2 Å². The zero-order chi connectivity index (χ0) is 23.5. The van der Waals surface area contributed by atoms with Crippen molar-refractivity contribution < 1.29 is 18.3 Å². The number of hydrogen-bond acceptors (Lipinski definition) is 0. The van der Waals surface area contributed by atoms with E-state index < -0.39 is 0 Å². The Hall–Kier alpha value is -4.18. The van der Waals surface area contributed by atoms with Crippen LogP contribution < -0.4 is 18.3 Å². The fourth-order valence-corrected chi connectivity index (χ4v) is 4.80. The Morgan fingerprint density at radius 2 is 0.686 bits per heavy atom. The zero-order valence-electron chi connectivity index (χ0n) is 19.9. The van der Waals surface area contributed by atoms with Crippen molar-refractivity contribution in [2.24, 2.45) is 0 Å². The molecule has 0 saturated carbocycles. The van der Waals surface area contributed by atoms with Crippen LogP contribution in [0, 0.1) is 0 Å². The normalized spacial score (nSPS) is 13.1. The summed E-state index contributed by atoms with van der Waals surface area (Å²) in [6.07, 6.45) is 18.6. The first kappa shape index (κ1) is 21.4. The third-order valence-electron chi connectivity index (χ3n) is 6.89. The Morgan fingerprint density at radius 1 is 0.371 bits per heavy atom. The number of hydrogen-bond donors (Lipinski definition) is 0. The van der Waals surface area contributed by atoms with Crippen molar-refractivity contribution in [2.75, 3.05) is 0 Å². The summed E-state index contributed by atoms with van der Waals surface area (Å²) in [4.78, 5) is 0. The average molecular weight is 459 g/mol. The second-order valence-electron chi connectivity index (χ2n) is 9.29. The Labute approximate surface area is 206 Å². The lowest BCUT2D eigenvalue weighted by atomic mass is 10.1. The Balaban J connectivity index is 1.36. The molecule has 0 amide bonds. The molecule has 5 aromatic rings. The topological polar surface area (TPSA) is 15.5 Å². The van der Waals surface area contributed by atoms with Crippen LogP contribution in [0.2, 0.25) is 0 Å². The molecule has 0 spiro atoms. The summed E-state index contributed by atoms with van der Waals surface area (Å²) < 4.78 is 9.06. The third kappa shape index (κ3) is 4.87. The van der Waals surface area contributed by atoms with E-state index in [-0.39, 0.29) is 0 Å². The highest BCUT2D eigenvalue weighted by Gasteiger charge is 2.14. The fraction of sp³-hybridized carbons (Fsp3) is 0.161. The van der Waals surface area contributed by atoms with E-state index >= 15 is 0 Å². The summed E-state index contributed by atoms with van der Waals surface area (Å²) in [6.45, 7) is 3.71. The summed E-state index contributed by atoms with van der Waals surface area (Å²) in [5.74, 6) is 0. The molecule has 11 heterocycles. The van der Waals surface area contributed by atoms with Crippen molar-refractivity contribution in [3.05, 3.63) is 133 Å². The van der Waals surface area contributed by atoms with Gasteiger partial charge in [-0.2, -0.15) is 0 Å². The Bertz CT molecular complexity index is 1310. The second kappa shape index (κ2) is 9.59. The molecule has 170 valence electrons. The monoisotopic (exact) mass is 458 g/mol.